The molecule has 0 unspecified atom stereocenters. The number of aryl methyl sites for hydroxylation is 1. The van der Waals surface area contributed by atoms with Crippen molar-refractivity contribution in [3.05, 3.63) is 53.7 Å². The molecular weight excluding hydrogens is 236 g/mol. The van der Waals surface area contributed by atoms with E-state index in [0.717, 1.165) is 17.7 Å². The van der Waals surface area contributed by atoms with Crippen LogP contribution in [-0.2, 0) is 6.42 Å². The Bertz CT molecular complexity index is 561. The van der Waals surface area contributed by atoms with Gasteiger partial charge in [-0.3, -0.25) is 4.79 Å². The van der Waals surface area contributed by atoms with E-state index in [1.807, 2.05) is 18.2 Å². The molecule has 2 N–H and O–H groups in total. The molecule has 2 rings (SSSR count). The average molecular weight is 254 g/mol. The Morgan fingerprint density at radius 3 is 2.53 bits per heavy atom. The summed E-state index contributed by atoms with van der Waals surface area (Å²) in [7, 11) is 0. The summed E-state index contributed by atoms with van der Waals surface area (Å²) in [5.41, 5.74) is 8.65. The van der Waals surface area contributed by atoms with Gasteiger partial charge in [0.25, 0.3) is 5.91 Å². The Labute approximate surface area is 113 Å². The Morgan fingerprint density at radius 2 is 1.89 bits per heavy atom. The predicted molar refractivity (Wildman–Crippen MR) is 76.8 cm³/mol. The lowest BCUT2D eigenvalue weighted by molar-refractivity contribution is 0.0995. The molecule has 0 spiro atoms. The highest BCUT2D eigenvalue weighted by atomic mass is 16.1. The summed E-state index contributed by atoms with van der Waals surface area (Å²) in [6.45, 7) is 2.19. The highest BCUT2D eigenvalue weighted by molar-refractivity contribution is 5.91. The number of carbonyl (C=O) groups is 1. The summed E-state index contributed by atoms with van der Waals surface area (Å²) < 4.78 is 0. The van der Waals surface area contributed by atoms with Crippen LogP contribution in [0.2, 0.25) is 0 Å². The number of hydrogen-bond acceptors (Lipinski definition) is 2. The first-order valence-electron chi connectivity index (χ1n) is 6.57. The highest BCUT2D eigenvalue weighted by Crippen LogP contribution is 2.18. The first-order valence-corrected chi connectivity index (χ1v) is 6.57. The normalized spacial score (nSPS) is 10.4. The largest absolute Gasteiger partial charge is 0.364 e. The minimum atomic E-state index is -0.499. The van der Waals surface area contributed by atoms with Gasteiger partial charge in [0.15, 0.2) is 0 Å². The number of hydrogen-bond donors (Lipinski definition) is 1. The first kappa shape index (κ1) is 13.3. The number of carbonyl (C=O) groups excluding carboxylic acids is 1. The number of benzene rings is 1. The molecule has 1 aromatic heterocycles. The minimum absolute atomic E-state index is 0.299. The van der Waals surface area contributed by atoms with E-state index in [0.29, 0.717) is 5.69 Å². The van der Waals surface area contributed by atoms with E-state index in [2.05, 4.69) is 24.0 Å². The maximum Gasteiger partial charge on any atom is 0.267 e. The predicted octanol–water partition coefficient (Wildman–Crippen LogP) is 3.19. The summed E-state index contributed by atoms with van der Waals surface area (Å²) in [5, 5.41) is 0. The molecule has 0 atom stereocenters. The number of aromatic nitrogens is 1. The SMILES string of the molecule is CCCCc1ccc(-c2cccc(C(N)=O)n2)cc1. The quantitative estimate of drug-likeness (QED) is 0.890. The van der Waals surface area contributed by atoms with Crippen molar-refractivity contribution < 1.29 is 4.79 Å². The van der Waals surface area contributed by atoms with Crippen molar-refractivity contribution in [2.24, 2.45) is 5.73 Å². The molecule has 0 fully saturated rings. The summed E-state index contributed by atoms with van der Waals surface area (Å²) in [6.07, 6.45) is 3.50. The second-order valence-corrected chi connectivity index (χ2v) is 4.57. The molecule has 0 bridgehead atoms. The molecule has 3 nitrogen and oxygen atoms in total. The van der Waals surface area contributed by atoms with Gasteiger partial charge in [-0.15, -0.1) is 0 Å². The number of unbranched alkanes of at least 4 members (excludes halogenated alkanes) is 1. The standard InChI is InChI=1S/C16H18N2O/c1-2-3-5-12-8-10-13(11-9-12)14-6-4-7-15(18-14)16(17)19/h4,6-11H,2-3,5H2,1H3,(H2,17,19). The lowest BCUT2D eigenvalue weighted by atomic mass is 10.0. The second-order valence-electron chi connectivity index (χ2n) is 4.57. The molecule has 19 heavy (non-hydrogen) atoms. The number of nitrogens with zero attached hydrogens (tertiary/aromatic N) is 1. The van der Waals surface area contributed by atoms with Crippen LogP contribution in [0.3, 0.4) is 0 Å². The van der Waals surface area contributed by atoms with E-state index >= 15 is 0 Å². The lowest BCUT2D eigenvalue weighted by Crippen LogP contribution is -2.12. The van der Waals surface area contributed by atoms with Crippen LogP contribution < -0.4 is 5.73 Å². The zero-order chi connectivity index (χ0) is 13.7. The van der Waals surface area contributed by atoms with Gasteiger partial charge in [-0.25, -0.2) is 4.98 Å². The molecule has 98 valence electrons. The van der Waals surface area contributed by atoms with Crippen molar-refractivity contribution in [3.8, 4) is 11.3 Å². The third kappa shape index (κ3) is 3.41. The fourth-order valence-electron chi connectivity index (χ4n) is 1.96. The van der Waals surface area contributed by atoms with Gasteiger partial charge in [-0.1, -0.05) is 43.7 Å². The van der Waals surface area contributed by atoms with Crippen molar-refractivity contribution >= 4 is 5.91 Å². The molecule has 2 aromatic rings. The van der Waals surface area contributed by atoms with Crippen LogP contribution in [-0.4, -0.2) is 10.9 Å². The van der Waals surface area contributed by atoms with Crippen molar-refractivity contribution in [2.45, 2.75) is 26.2 Å². The van der Waals surface area contributed by atoms with Crippen LogP contribution in [0.1, 0.15) is 35.8 Å². The third-order valence-electron chi connectivity index (χ3n) is 3.07. The number of amides is 1. The van der Waals surface area contributed by atoms with Gasteiger partial charge >= 0.3 is 0 Å². The van der Waals surface area contributed by atoms with Crippen LogP contribution in [0.4, 0.5) is 0 Å². The van der Waals surface area contributed by atoms with Crippen molar-refractivity contribution in [1.29, 1.82) is 0 Å². The maximum absolute atomic E-state index is 11.1. The monoisotopic (exact) mass is 254 g/mol. The molecule has 1 amide bonds. The van der Waals surface area contributed by atoms with Gasteiger partial charge in [0, 0.05) is 5.56 Å². The number of primary amides is 1. The Balaban J connectivity index is 2.22. The molecule has 0 aliphatic heterocycles. The minimum Gasteiger partial charge on any atom is -0.364 e. The van der Waals surface area contributed by atoms with Crippen molar-refractivity contribution in [1.82, 2.24) is 4.98 Å². The number of pyridine rings is 1. The van der Waals surface area contributed by atoms with Crippen LogP contribution in [0.5, 0.6) is 0 Å². The number of nitrogens with two attached hydrogens (primary N) is 1. The molecule has 1 aromatic carbocycles. The molecule has 3 heteroatoms. The van der Waals surface area contributed by atoms with Crippen LogP contribution in [0.25, 0.3) is 11.3 Å². The van der Waals surface area contributed by atoms with Crippen LogP contribution in [0.15, 0.2) is 42.5 Å². The van der Waals surface area contributed by atoms with E-state index < -0.39 is 5.91 Å². The van der Waals surface area contributed by atoms with Crippen LogP contribution in [0, 0.1) is 0 Å². The Hall–Kier alpha value is -2.16. The first-order chi connectivity index (χ1) is 9.20. The fourth-order valence-corrected chi connectivity index (χ4v) is 1.96. The smallest absolute Gasteiger partial charge is 0.267 e. The fraction of sp³-hybridized carbons (Fsp3) is 0.250. The molecule has 0 radical (unpaired) electrons. The van der Waals surface area contributed by atoms with Crippen molar-refractivity contribution in [3.63, 3.8) is 0 Å². The Kier molecular flexibility index (Phi) is 4.29. The van der Waals surface area contributed by atoms with Gasteiger partial charge in [0.2, 0.25) is 0 Å². The van der Waals surface area contributed by atoms with Crippen LogP contribution >= 0.6 is 0 Å². The molecule has 1 heterocycles. The van der Waals surface area contributed by atoms with E-state index in [4.69, 9.17) is 5.73 Å². The van der Waals surface area contributed by atoms with E-state index in [1.54, 1.807) is 12.1 Å². The summed E-state index contributed by atoms with van der Waals surface area (Å²) >= 11 is 0. The van der Waals surface area contributed by atoms with Gasteiger partial charge in [-0.05, 0) is 30.5 Å². The van der Waals surface area contributed by atoms with Gasteiger partial charge in [-0.2, -0.15) is 0 Å². The summed E-state index contributed by atoms with van der Waals surface area (Å²) in [5.74, 6) is -0.499. The lowest BCUT2D eigenvalue weighted by Gasteiger charge is -2.04. The molecule has 0 aliphatic carbocycles. The molecule has 0 aliphatic rings. The Morgan fingerprint density at radius 1 is 1.16 bits per heavy atom. The summed E-state index contributed by atoms with van der Waals surface area (Å²) in [4.78, 5) is 15.4. The van der Waals surface area contributed by atoms with E-state index in [1.165, 1.54) is 18.4 Å². The second kappa shape index (κ2) is 6.14. The molecule has 0 saturated heterocycles. The average Bonchev–Trinajstić information content (AvgIpc) is 2.46. The maximum atomic E-state index is 11.1. The summed E-state index contributed by atoms with van der Waals surface area (Å²) in [6, 6.07) is 13.6. The molecule has 0 saturated carbocycles. The zero-order valence-electron chi connectivity index (χ0n) is 11.1. The number of rotatable bonds is 5. The highest BCUT2D eigenvalue weighted by Gasteiger charge is 2.05. The van der Waals surface area contributed by atoms with Gasteiger partial charge in [0.1, 0.15) is 5.69 Å². The third-order valence-corrected chi connectivity index (χ3v) is 3.07. The zero-order valence-corrected chi connectivity index (χ0v) is 11.1. The van der Waals surface area contributed by atoms with E-state index in [9.17, 15) is 4.79 Å². The topological polar surface area (TPSA) is 56.0 Å². The van der Waals surface area contributed by atoms with Gasteiger partial charge in [0.05, 0.1) is 5.69 Å². The molecular formula is C16H18N2O. The van der Waals surface area contributed by atoms with Gasteiger partial charge < -0.3 is 5.73 Å². The van der Waals surface area contributed by atoms with Crippen molar-refractivity contribution in [2.75, 3.05) is 0 Å². The van der Waals surface area contributed by atoms with E-state index in [-0.39, 0.29) is 0 Å².